The van der Waals surface area contributed by atoms with Crippen LogP contribution in [0, 0.1) is 0 Å². The fourth-order valence-corrected chi connectivity index (χ4v) is 4.87. The molecule has 0 saturated heterocycles. The molecule has 0 bridgehead atoms. The second-order valence-corrected chi connectivity index (χ2v) is 11.2. The second-order valence-electron chi connectivity index (χ2n) is 9.10. The Hall–Kier alpha value is -1.66. The topological polar surface area (TPSA) is 244 Å². The van der Waals surface area contributed by atoms with Crippen molar-refractivity contribution in [1.29, 1.82) is 0 Å². The molecule has 16 nitrogen and oxygen atoms in total. The summed E-state index contributed by atoms with van der Waals surface area (Å²) in [4.78, 5) is 86.6. The third kappa shape index (κ3) is 14.3. The number of aliphatic hydroxyl groups excluding tert-OH is 1. The number of aliphatic carboxylic acids is 1. The van der Waals surface area contributed by atoms with Crippen LogP contribution in [0.15, 0.2) is 0 Å². The quantitative estimate of drug-likeness (QED) is 0.0348. The highest BCUT2D eigenvalue weighted by molar-refractivity contribution is 14.1. The lowest BCUT2D eigenvalue weighted by Crippen LogP contribution is -2.62. The summed E-state index contributed by atoms with van der Waals surface area (Å²) in [5.41, 5.74) is 0. The summed E-state index contributed by atoms with van der Waals surface area (Å²) in [6, 6.07) is -8.40. The fraction of sp³-hybridized carbons (Fsp3) is 0.682. The molecule has 0 heterocycles. The molecule has 0 aromatic carbocycles. The van der Waals surface area contributed by atoms with Crippen LogP contribution in [-0.4, -0.2) is 123 Å². The molecule has 0 aromatic heterocycles. The number of halogens is 1. The van der Waals surface area contributed by atoms with Gasteiger partial charge in [-0.25, -0.2) is 3.53 Å². The smallest absolute Gasteiger partial charge is 0.325 e. The van der Waals surface area contributed by atoms with E-state index in [2.05, 4.69) is 85.9 Å². The van der Waals surface area contributed by atoms with Gasteiger partial charge in [0.25, 0.3) is 0 Å². The molecule has 0 fully saturated rings. The normalized spacial score (nSPS) is 16.5. The lowest BCUT2D eigenvalue weighted by molar-refractivity contribution is -0.141. The summed E-state index contributed by atoms with van der Waals surface area (Å²) >= 11 is 17.9. The van der Waals surface area contributed by atoms with E-state index in [1.54, 1.807) is 22.9 Å². The molecule has 9 N–H and O–H groups in total. The first-order chi connectivity index (χ1) is 20.1. The van der Waals surface area contributed by atoms with Crippen LogP contribution in [0.2, 0.25) is 0 Å². The van der Waals surface area contributed by atoms with E-state index in [-0.39, 0.29) is 23.0 Å². The number of carboxylic acid groups (broad SMARTS) is 1. The first-order valence-electron chi connectivity index (χ1n) is 12.6. The Bertz CT molecular complexity index is 1010. The maximum atomic E-state index is 12.9. The average molecular weight is 800 g/mol. The molecular weight excluding hydrogens is 761 g/mol. The number of thiol groups is 4. The molecule has 0 aromatic rings. The summed E-state index contributed by atoms with van der Waals surface area (Å²) in [5, 5.41) is 33.1. The summed E-state index contributed by atoms with van der Waals surface area (Å²) in [5.74, 6) is -6.48. The van der Waals surface area contributed by atoms with Gasteiger partial charge in [0.2, 0.25) is 35.4 Å². The maximum Gasteiger partial charge on any atom is 0.325 e. The van der Waals surface area contributed by atoms with Gasteiger partial charge in [-0.3, -0.25) is 33.6 Å². The van der Waals surface area contributed by atoms with Crippen molar-refractivity contribution in [2.24, 2.45) is 0 Å². The van der Waals surface area contributed by atoms with Crippen LogP contribution in [0.25, 0.3) is 0 Å². The zero-order valence-corrected chi connectivity index (χ0v) is 29.1. The Labute approximate surface area is 284 Å². The molecule has 21 heteroatoms. The van der Waals surface area contributed by atoms with Gasteiger partial charge in [-0.2, -0.15) is 50.5 Å². The molecule has 43 heavy (non-hydrogen) atoms. The third-order valence-corrected chi connectivity index (χ3v) is 7.83. The summed E-state index contributed by atoms with van der Waals surface area (Å²) in [6.45, 7) is 3.76. The summed E-state index contributed by atoms with van der Waals surface area (Å²) in [6.07, 6.45) is -1.43. The van der Waals surface area contributed by atoms with Gasteiger partial charge in [-0.1, -0.05) is 0 Å². The average Bonchev–Trinajstić information content (AvgIpc) is 2.95. The minimum absolute atomic E-state index is 0.137. The van der Waals surface area contributed by atoms with Gasteiger partial charge in [0.15, 0.2) is 0 Å². The minimum atomic E-state index is -1.55. The van der Waals surface area contributed by atoms with Crippen molar-refractivity contribution < 1.29 is 43.8 Å². The highest BCUT2D eigenvalue weighted by Crippen LogP contribution is 2.02. The molecule has 0 aliphatic rings. The highest BCUT2D eigenvalue weighted by atomic mass is 127. The van der Waals surface area contributed by atoms with Crippen LogP contribution in [0.4, 0.5) is 0 Å². The van der Waals surface area contributed by atoms with E-state index in [0.29, 0.717) is 0 Å². The van der Waals surface area contributed by atoms with Crippen molar-refractivity contribution in [3.63, 3.8) is 0 Å². The second kappa shape index (κ2) is 21.1. The summed E-state index contributed by atoms with van der Waals surface area (Å²) in [7, 11) is 0. The molecule has 8 atom stereocenters. The van der Waals surface area contributed by atoms with Gasteiger partial charge in [0, 0.05) is 45.9 Å². The van der Waals surface area contributed by atoms with Crippen LogP contribution in [0.5, 0.6) is 0 Å². The molecule has 0 saturated carbocycles. The van der Waals surface area contributed by atoms with Crippen LogP contribution in [0.1, 0.15) is 20.8 Å². The van der Waals surface area contributed by atoms with E-state index in [1.165, 1.54) is 20.8 Å². The van der Waals surface area contributed by atoms with Gasteiger partial charge >= 0.3 is 5.97 Å². The molecule has 0 aliphatic heterocycles. The number of hydrogen-bond acceptors (Lipinski definition) is 13. The SMILES string of the molecule is C[C@H](NC(=O)[C@H](CS)NC(=O)[C@H](C)NC(=O)[C@H](CS)NC(=O)[C@@H](NC(=O)[C@H](CS)NC(=O)[C@H](CS)NI)[C@@H](C)O)C(=O)O. The molecular formula is C22H38IN7O9S4. The number of nitrogens with one attached hydrogen (secondary N) is 7. The molecule has 0 spiro atoms. The number of carbonyl (C=O) groups is 7. The van der Waals surface area contributed by atoms with E-state index in [1.807, 2.05) is 0 Å². The first-order valence-corrected chi connectivity index (χ1v) is 16.2. The Morgan fingerprint density at radius 1 is 0.558 bits per heavy atom. The molecule has 0 rings (SSSR count). The Morgan fingerprint density at radius 3 is 1.28 bits per heavy atom. The van der Waals surface area contributed by atoms with Crippen LogP contribution in [0.3, 0.4) is 0 Å². The summed E-state index contributed by atoms with van der Waals surface area (Å²) < 4.78 is 2.69. The standard InChI is InChI=1S/C22H38IN7O9S4/c1-8(16(32)26-11(4-40)18(34)25-9(2)22(38)39)24-17(33)12(5-41)28-21(37)15(10(3)31)29-19(35)13(6-42)27-20(36)14(7-43)30-23/h8-15,30-31,40-43H,4-7H2,1-3H3,(H,24,33)(H,25,34)(H,26,32)(H,27,36)(H,28,37)(H,29,35)(H,38,39)/t8-,9-,10+,11-,12-,13-,14-,15-/m0/s1. The largest absolute Gasteiger partial charge is 0.480 e. The van der Waals surface area contributed by atoms with Crippen molar-refractivity contribution in [3.8, 4) is 0 Å². The maximum absolute atomic E-state index is 12.9. The van der Waals surface area contributed by atoms with Crippen LogP contribution < -0.4 is 35.4 Å². The van der Waals surface area contributed by atoms with E-state index in [4.69, 9.17) is 5.11 Å². The molecule has 6 amide bonds. The van der Waals surface area contributed by atoms with Gasteiger partial charge in [0.05, 0.1) is 6.10 Å². The number of hydrogen-bond donors (Lipinski definition) is 13. The lowest BCUT2D eigenvalue weighted by atomic mass is 10.1. The van der Waals surface area contributed by atoms with E-state index in [0.717, 1.165) is 0 Å². The zero-order valence-electron chi connectivity index (χ0n) is 23.4. The van der Waals surface area contributed by atoms with Crippen molar-refractivity contribution >= 4 is 115 Å². The molecule has 246 valence electrons. The van der Waals surface area contributed by atoms with Gasteiger partial charge in [-0.15, -0.1) is 0 Å². The third-order valence-electron chi connectivity index (χ3n) is 5.62. The van der Waals surface area contributed by atoms with Crippen molar-refractivity contribution in [2.75, 3.05) is 23.0 Å². The van der Waals surface area contributed by atoms with Crippen molar-refractivity contribution in [2.45, 2.75) is 69.2 Å². The van der Waals surface area contributed by atoms with Crippen molar-refractivity contribution in [3.05, 3.63) is 0 Å². The number of amides is 6. The number of carbonyl (C=O) groups excluding carboxylic acids is 6. The molecule has 0 unspecified atom stereocenters. The Morgan fingerprint density at radius 2 is 0.907 bits per heavy atom. The Kier molecular flexibility index (Phi) is 20.3. The first kappa shape index (κ1) is 41.3. The Balaban J connectivity index is 5.35. The van der Waals surface area contributed by atoms with E-state index in [9.17, 15) is 38.7 Å². The molecule has 0 aliphatic carbocycles. The van der Waals surface area contributed by atoms with Gasteiger partial charge < -0.3 is 42.1 Å². The van der Waals surface area contributed by atoms with Crippen LogP contribution >= 0.6 is 73.4 Å². The van der Waals surface area contributed by atoms with Gasteiger partial charge in [-0.05, 0) is 20.8 Å². The van der Waals surface area contributed by atoms with E-state index < -0.39 is 89.8 Å². The number of aliphatic hydroxyl groups is 1. The number of carboxylic acids is 1. The molecule has 0 radical (unpaired) electrons. The monoisotopic (exact) mass is 799 g/mol. The minimum Gasteiger partial charge on any atom is -0.480 e. The number of rotatable bonds is 19. The fourth-order valence-electron chi connectivity index (χ4n) is 2.99. The van der Waals surface area contributed by atoms with Crippen LogP contribution in [-0.2, 0) is 33.6 Å². The lowest BCUT2D eigenvalue weighted by Gasteiger charge is -2.27. The zero-order chi connectivity index (χ0) is 33.4. The highest BCUT2D eigenvalue weighted by Gasteiger charge is 2.33. The predicted molar refractivity (Wildman–Crippen MR) is 179 cm³/mol. The van der Waals surface area contributed by atoms with Crippen molar-refractivity contribution in [1.82, 2.24) is 35.4 Å². The predicted octanol–water partition coefficient (Wildman–Crippen LogP) is -3.57. The van der Waals surface area contributed by atoms with Gasteiger partial charge in [0.1, 0.15) is 42.3 Å². The van der Waals surface area contributed by atoms with E-state index >= 15 is 0 Å².